The molecule has 3 heteroatoms. The number of hydrogen-bond donors (Lipinski definition) is 2. The van der Waals surface area contributed by atoms with Crippen LogP contribution in [0.5, 0.6) is 0 Å². The fraction of sp³-hybridized carbons (Fsp3) is 0.0870. The second-order valence-electron chi connectivity index (χ2n) is 6.90. The molecule has 0 radical (unpaired) electrons. The van der Waals surface area contributed by atoms with E-state index in [1.54, 1.807) is 0 Å². The Balaban J connectivity index is 1.85. The van der Waals surface area contributed by atoms with E-state index in [1.807, 2.05) is 6.07 Å². The summed E-state index contributed by atoms with van der Waals surface area (Å²) in [4.78, 5) is 12.0. The number of nitrogens with zero attached hydrogens (tertiary/aromatic N) is 1. The van der Waals surface area contributed by atoms with E-state index in [4.69, 9.17) is 4.98 Å². The SMILES string of the molecule is Cc1ccc2nc(-c3c(-c4ccccc4)[nH]c4ccc(C)cc34)[nH]c2c1. The van der Waals surface area contributed by atoms with Crippen molar-refractivity contribution in [3.8, 4) is 22.6 Å². The second kappa shape index (κ2) is 5.60. The Hall–Kier alpha value is -3.33. The zero-order valence-electron chi connectivity index (χ0n) is 14.8. The first-order valence-corrected chi connectivity index (χ1v) is 8.83. The molecule has 2 N–H and O–H groups in total. The number of fused-ring (bicyclic) bond motifs is 2. The van der Waals surface area contributed by atoms with E-state index in [-0.39, 0.29) is 0 Å². The first-order chi connectivity index (χ1) is 12.7. The average Bonchev–Trinajstić information content (AvgIpc) is 3.22. The molecule has 0 saturated heterocycles. The van der Waals surface area contributed by atoms with Gasteiger partial charge in [-0.1, -0.05) is 48.0 Å². The van der Waals surface area contributed by atoms with Crippen molar-refractivity contribution in [2.24, 2.45) is 0 Å². The monoisotopic (exact) mass is 337 g/mol. The fourth-order valence-corrected chi connectivity index (χ4v) is 3.61. The van der Waals surface area contributed by atoms with Crippen LogP contribution in [0.25, 0.3) is 44.6 Å². The van der Waals surface area contributed by atoms with Crippen LogP contribution >= 0.6 is 0 Å². The highest BCUT2D eigenvalue weighted by molar-refractivity contribution is 6.03. The Morgan fingerprint density at radius 1 is 0.731 bits per heavy atom. The van der Waals surface area contributed by atoms with Crippen molar-refractivity contribution in [2.45, 2.75) is 13.8 Å². The highest BCUT2D eigenvalue weighted by Gasteiger charge is 2.18. The second-order valence-corrected chi connectivity index (χ2v) is 6.90. The largest absolute Gasteiger partial charge is 0.354 e. The van der Waals surface area contributed by atoms with E-state index < -0.39 is 0 Å². The number of hydrogen-bond acceptors (Lipinski definition) is 1. The van der Waals surface area contributed by atoms with Crippen molar-refractivity contribution < 1.29 is 0 Å². The number of rotatable bonds is 2. The molecular formula is C23H19N3. The maximum Gasteiger partial charge on any atom is 0.141 e. The molecule has 0 bridgehead atoms. The molecule has 5 rings (SSSR count). The van der Waals surface area contributed by atoms with Gasteiger partial charge in [-0.25, -0.2) is 4.98 Å². The van der Waals surface area contributed by atoms with Crippen LogP contribution in [0, 0.1) is 13.8 Å². The van der Waals surface area contributed by atoms with Crippen molar-refractivity contribution in [3.05, 3.63) is 77.9 Å². The van der Waals surface area contributed by atoms with Crippen molar-refractivity contribution in [3.63, 3.8) is 0 Å². The molecule has 0 unspecified atom stereocenters. The number of aromatic amines is 2. The minimum atomic E-state index is 0.904. The van der Waals surface area contributed by atoms with Gasteiger partial charge in [-0.2, -0.15) is 0 Å². The molecular weight excluding hydrogens is 318 g/mol. The predicted octanol–water partition coefficient (Wildman–Crippen LogP) is 6.00. The van der Waals surface area contributed by atoms with E-state index in [0.717, 1.165) is 39.2 Å². The van der Waals surface area contributed by atoms with Crippen molar-refractivity contribution in [1.29, 1.82) is 0 Å². The molecule has 3 aromatic carbocycles. The molecule has 0 fully saturated rings. The molecule has 5 aromatic rings. The van der Waals surface area contributed by atoms with Gasteiger partial charge in [-0.15, -0.1) is 0 Å². The van der Waals surface area contributed by atoms with E-state index in [1.165, 1.54) is 16.5 Å². The van der Waals surface area contributed by atoms with Crippen molar-refractivity contribution in [1.82, 2.24) is 15.0 Å². The lowest BCUT2D eigenvalue weighted by molar-refractivity contribution is 1.34. The summed E-state index contributed by atoms with van der Waals surface area (Å²) in [6.07, 6.45) is 0. The van der Waals surface area contributed by atoms with Crippen molar-refractivity contribution in [2.75, 3.05) is 0 Å². The summed E-state index contributed by atoms with van der Waals surface area (Å²) in [5, 5.41) is 1.19. The van der Waals surface area contributed by atoms with Crippen LogP contribution in [-0.4, -0.2) is 15.0 Å². The Labute approximate surface area is 151 Å². The molecule has 0 amide bonds. The lowest BCUT2D eigenvalue weighted by Gasteiger charge is -2.03. The lowest BCUT2D eigenvalue weighted by atomic mass is 10.0. The summed E-state index contributed by atoms with van der Waals surface area (Å²) < 4.78 is 0. The Bertz CT molecular complexity index is 1240. The Morgan fingerprint density at radius 3 is 2.35 bits per heavy atom. The summed E-state index contributed by atoms with van der Waals surface area (Å²) in [5.74, 6) is 0.904. The molecule has 0 aliphatic carbocycles. The van der Waals surface area contributed by atoms with Crippen LogP contribution in [0.3, 0.4) is 0 Å². The maximum absolute atomic E-state index is 4.89. The zero-order valence-corrected chi connectivity index (χ0v) is 14.8. The van der Waals surface area contributed by atoms with Crippen LogP contribution in [0.2, 0.25) is 0 Å². The summed E-state index contributed by atoms with van der Waals surface area (Å²) in [5.41, 5.74) is 9.04. The van der Waals surface area contributed by atoms with Gasteiger partial charge in [0.05, 0.1) is 22.3 Å². The number of imidazole rings is 1. The van der Waals surface area contributed by atoms with Gasteiger partial charge in [-0.3, -0.25) is 0 Å². The van der Waals surface area contributed by atoms with Crippen LogP contribution in [0.15, 0.2) is 66.7 Å². The molecule has 0 spiro atoms. The summed E-state index contributed by atoms with van der Waals surface area (Å²) >= 11 is 0. The van der Waals surface area contributed by atoms with Crippen LogP contribution in [-0.2, 0) is 0 Å². The van der Waals surface area contributed by atoms with Gasteiger partial charge in [0.15, 0.2) is 0 Å². The molecule has 2 aromatic heterocycles. The van der Waals surface area contributed by atoms with E-state index >= 15 is 0 Å². The highest BCUT2D eigenvalue weighted by Crippen LogP contribution is 2.38. The van der Waals surface area contributed by atoms with Gasteiger partial charge in [0.25, 0.3) is 0 Å². The smallest absolute Gasteiger partial charge is 0.141 e. The topological polar surface area (TPSA) is 44.5 Å². The molecule has 126 valence electrons. The number of H-pyrrole nitrogens is 2. The molecule has 0 atom stereocenters. The van der Waals surface area contributed by atoms with Gasteiger partial charge in [0, 0.05) is 10.9 Å². The fourth-order valence-electron chi connectivity index (χ4n) is 3.61. The number of nitrogens with one attached hydrogen (secondary N) is 2. The van der Waals surface area contributed by atoms with Gasteiger partial charge in [0.2, 0.25) is 0 Å². The lowest BCUT2D eigenvalue weighted by Crippen LogP contribution is -1.84. The molecule has 0 aliphatic rings. The third kappa shape index (κ3) is 2.32. The normalized spacial score (nSPS) is 11.5. The quantitative estimate of drug-likeness (QED) is 0.408. The Morgan fingerprint density at radius 2 is 1.50 bits per heavy atom. The van der Waals surface area contributed by atoms with E-state index in [2.05, 4.69) is 84.5 Å². The molecule has 2 heterocycles. The molecule has 0 saturated carbocycles. The summed E-state index contributed by atoms with van der Waals surface area (Å²) in [7, 11) is 0. The van der Waals surface area contributed by atoms with Crippen LogP contribution in [0.4, 0.5) is 0 Å². The predicted molar refractivity (Wildman–Crippen MR) is 108 cm³/mol. The van der Waals surface area contributed by atoms with E-state index in [9.17, 15) is 0 Å². The minimum Gasteiger partial charge on any atom is -0.354 e. The molecule has 0 aliphatic heterocycles. The van der Waals surface area contributed by atoms with Crippen molar-refractivity contribution >= 4 is 21.9 Å². The molecule has 3 nitrogen and oxygen atoms in total. The standard InChI is InChI=1S/C23H19N3/c1-14-8-10-18-17(12-14)21(22(24-18)16-6-4-3-5-7-16)23-25-19-11-9-15(2)13-20(19)26-23/h3-13,24H,1-2H3,(H,25,26). The minimum absolute atomic E-state index is 0.904. The van der Waals surface area contributed by atoms with Gasteiger partial charge < -0.3 is 9.97 Å². The summed E-state index contributed by atoms with van der Waals surface area (Å²) in [6.45, 7) is 4.23. The first kappa shape index (κ1) is 15.0. The number of aromatic nitrogens is 3. The highest BCUT2D eigenvalue weighted by atomic mass is 14.9. The van der Waals surface area contributed by atoms with Crippen LogP contribution in [0.1, 0.15) is 11.1 Å². The maximum atomic E-state index is 4.89. The van der Waals surface area contributed by atoms with Gasteiger partial charge >= 0.3 is 0 Å². The summed E-state index contributed by atoms with van der Waals surface area (Å²) in [6, 6.07) is 23.3. The third-order valence-electron chi connectivity index (χ3n) is 4.89. The number of aryl methyl sites for hydroxylation is 2. The number of benzene rings is 3. The average molecular weight is 337 g/mol. The van der Waals surface area contributed by atoms with Gasteiger partial charge in [0.1, 0.15) is 5.82 Å². The Kier molecular flexibility index (Phi) is 3.22. The van der Waals surface area contributed by atoms with Crippen LogP contribution < -0.4 is 0 Å². The van der Waals surface area contributed by atoms with E-state index in [0.29, 0.717) is 0 Å². The van der Waals surface area contributed by atoms with Gasteiger partial charge in [-0.05, 0) is 49.2 Å². The third-order valence-corrected chi connectivity index (χ3v) is 4.89. The molecule has 26 heavy (non-hydrogen) atoms. The first-order valence-electron chi connectivity index (χ1n) is 8.83. The zero-order chi connectivity index (χ0) is 17.7.